The summed E-state index contributed by atoms with van der Waals surface area (Å²) in [6.07, 6.45) is -0.123. The Morgan fingerprint density at radius 1 is 1.20 bits per heavy atom. The van der Waals surface area contributed by atoms with E-state index in [1.165, 1.54) is 12.1 Å². The fourth-order valence-electron chi connectivity index (χ4n) is 3.11. The Morgan fingerprint density at radius 3 is 2.24 bits per heavy atom. The average Bonchev–Trinajstić information content (AvgIpc) is 2.53. The van der Waals surface area contributed by atoms with E-state index >= 15 is 0 Å². The molecule has 2 atom stereocenters. The van der Waals surface area contributed by atoms with Crippen LogP contribution in [0.3, 0.4) is 0 Å². The van der Waals surface area contributed by atoms with Gasteiger partial charge in [-0.25, -0.2) is 0 Å². The summed E-state index contributed by atoms with van der Waals surface area (Å²) >= 11 is 0. The minimum absolute atomic E-state index is 0.000576. The van der Waals surface area contributed by atoms with Crippen molar-refractivity contribution in [2.75, 3.05) is 7.11 Å². The number of carbonyl (C=O) groups excluding carboxylic acids is 4. The van der Waals surface area contributed by atoms with Crippen LogP contribution in [-0.2, 0) is 19.1 Å². The van der Waals surface area contributed by atoms with E-state index < -0.39 is 45.5 Å². The minimum atomic E-state index is -1.60. The summed E-state index contributed by atoms with van der Waals surface area (Å²) in [5.74, 6) is -5.74. The molecule has 25 heavy (non-hydrogen) atoms. The summed E-state index contributed by atoms with van der Waals surface area (Å²) in [6.45, 7) is 3.19. The molecule has 0 amide bonds. The fourth-order valence-corrected chi connectivity index (χ4v) is 3.11. The Morgan fingerprint density at radius 2 is 1.76 bits per heavy atom. The highest BCUT2D eigenvalue weighted by atomic mass is 16.6. The van der Waals surface area contributed by atoms with Gasteiger partial charge in [-0.05, 0) is 17.5 Å². The Balaban J connectivity index is 2.38. The van der Waals surface area contributed by atoms with Crippen molar-refractivity contribution in [1.29, 1.82) is 0 Å². The first-order valence-electron chi connectivity index (χ1n) is 7.53. The molecule has 1 aliphatic carbocycles. The lowest BCUT2D eigenvalue weighted by atomic mass is 9.63. The van der Waals surface area contributed by atoms with E-state index in [0.717, 1.165) is 19.2 Å². The summed E-state index contributed by atoms with van der Waals surface area (Å²) in [7, 11) is 1.13. The molecule has 8 heteroatoms. The normalized spacial score (nSPS) is 22.4. The van der Waals surface area contributed by atoms with Gasteiger partial charge in [0, 0.05) is 24.1 Å². The van der Waals surface area contributed by atoms with Gasteiger partial charge in [0.05, 0.1) is 12.0 Å². The van der Waals surface area contributed by atoms with Crippen LogP contribution in [0.25, 0.3) is 0 Å². The first-order chi connectivity index (χ1) is 11.6. The monoisotopic (exact) mass is 347 g/mol. The quantitative estimate of drug-likeness (QED) is 0.267. The number of ketones is 3. The first-order valence-corrected chi connectivity index (χ1v) is 7.53. The molecule has 0 spiro atoms. The third-order valence-electron chi connectivity index (χ3n) is 4.36. The molecule has 0 aromatic heterocycles. The molecule has 0 heterocycles. The molecule has 2 rings (SSSR count). The molecule has 0 bridgehead atoms. The van der Waals surface area contributed by atoms with Gasteiger partial charge >= 0.3 is 5.97 Å². The maximum absolute atomic E-state index is 12.7. The van der Waals surface area contributed by atoms with E-state index in [-0.39, 0.29) is 17.7 Å². The van der Waals surface area contributed by atoms with Gasteiger partial charge in [-0.2, -0.15) is 0 Å². The van der Waals surface area contributed by atoms with Crippen LogP contribution >= 0.6 is 0 Å². The molecule has 1 aromatic carbocycles. The number of hydrogen-bond acceptors (Lipinski definition) is 7. The second kappa shape index (κ2) is 6.54. The number of hydrogen-bond donors (Lipinski definition) is 0. The molecule has 1 saturated carbocycles. The summed E-state index contributed by atoms with van der Waals surface area (Å²) in [4.78, 5) is 59.7. The zero-order chi connectivity index (χ0) is 18.9. The van der Waals surface area contributed by atoms with Crippen LogP contribution in [-0.4, -0.2) is 35.4 Å². The van der Waals surface area contributed by atoms with Gasteiger partial charge in [0.1, 0.15) is 11.8 Å². The zero-order valence-corrected chi connectivity index (χ0v) is 14.0. The molecule has 1 aliphatic rings. The Kier molecular flexibility index (Phi) is 4.82. The molecule has 132 valence electrons. The molecule has 0 unspecified atom stereocenters. The standard InChI is InChI=1S/C17H17NO7/c1-17(2)8-11(19)12(15(21)13(17)16(22)25-3)14(20)9-4-6-10(7-5-9)18(23)24/h4-7,12-13H,8H2,1-3H3/t12-,13-/m1/s1. The van der Waals surface area contributed by atoms with Gasteiger partial charge in [-0.1, -0.05) is 13.8 Å². The number of ether oxygens (including phenoxy) is 1. The number of esters is 1. The van der Waals surface area contributed by atoms with Crippen molar-refractivity contribution in [3.63, 3.8) is 0 Å². The number of benzene rings is 1. The highest BCUT2D eigenvalue weighted by Crippen LogP contribution is 2.40. The Hall–Kier alpha value is -2.90. The van der Waals surface area contributed by atoms with E-state index in [1.807, 2.05) is 0 Å². The minimum Gasteiger partial charge on any atom is -0.468 e. The Labute approximate surface area is 143 Å². The largest absolute Gasteiger partial charge is 0.468 e. The van der Waals surface area contributed by atoms with Gasteiger partial charge in [-0.15, -0.1) is 0 Å². The second-order valence-corrected chi connectivity index (χ2v) is 6.59. The number of nitro benzene ring substituents is 1. The maximum Gasteiger partial charge on any atom is 0.316 e. The topological polar surface area (TPSA) is 121 Å². The second-order valence-electron chi connectivity index (χ2n) is 6.59. The molecule has 8 nitrogen and oxygen atoms in total. The van der Waals surface area contributed by atoms with Gasteiger partial charge in [0.15, 0.2) is 17.3 Å². The number of methoxy groups -OCH3 is 1. The van der Waals surface area contributed by atoms with Crippen LogP contribution in [0.5, 0.6) is 0 Å². The molecule has 0 N–H and O–H groups in total. The molecular weight excluding hydrogens is 330 g/mol. The number of rotatable bonds is 4. The summed E-state index contributed by atoms with van der Waals surface area (Å²) in [6, 6.07) is 4.61. The Bertz CT molecular complexity index is 764. The van der Waals surface area contributed by atoms with Crippen LogP contribution in [0.15, 0.2) is 24.3 Å². The van der Waals surface area contributed by atoms with Gasteiger partial charge < -0.3 is 4.74 Å². The number of nitro groups is 1. The van der Waals surface area contributed by atoms with E-state index in [0.29, 0.717) is 0 Å². The van der Waals surface area contributed by atoms with Crippen molar-refractivity contribution in [2.24, 2.45) is 17.3 Å². The maximum atomic E-state index is 12.7. The van der Waals surface area contributed by atoms with E-state index in [9.17, 15) is 29.3 Å². The zero-order valence-electron chi connectivity index (χ0n) is 14.0. The molecular formula is C17H17NO7. The van der Waals surface area contributed by atoms with Crippen molar-refractivity contribution in [2.45, 2.75) is 20.3 Å². The number of carbonyl (C=O) groups is 4. The van der Waals surface area contributed by atoms with Crippen molar-refractivity contribution in [3.05, 3.63) is 39.9 Å². The van der Waals surface area contributed by atoms with Crippen molar-refractivity contribution < 1.29 is 28.8 Å². The lowest BCUT2D eigenvalue weighted by molar-refractivity contribution is -0.384. The predicted octanol–water partition coefficient (Wildman–Crippen LogP) is 1.75. The highest BCUT2D eigenvalue weighted by Gasteiger charge is 2.54. The third kappa shape index (κ3) is 3.33. The first kappa shape index (κ1) is 18.4. The van der Waals surface area contributed by atoms with E-state index in [4.69, 9.17) is 0 Å². The summed E-state index contributed by atoms with van der Waals surface area (Å²) < 4.78 is 4.65. The van der Waals surface area contributed by atoms with Crippen LogP contribution in [0, 0.1) is 27.4 Å². The van der Waals surface area contributed by atoms with Gasteiger partial charge in [-0.3, -0.25) is 29.3 Å². The highest BCUT2D eigenvalue weighted by molar-refractivity contribution is 6.28. The third-order valence-corrected chi connectivity index (χ3v) is 4.36. The van der Waals surface area contributed by atoms with Crippen molar-refractivity contribution in [3.8, 4) is 0 Å². The van der Waals surface area contributed by atoms with Crippen LogP contribution < -0.4 is 0 Å². The van der Waals surface area contributed by atoms with Crippen molar-refractivity contribution >= 4 is 29.0 Å². The van der Waals surface area contributed by atoms with Crippen molar-refractivity contribution in [1.82, 2.24) is 0 Å². The average molecular weight is 347 g/mol. The van der Waals surface area contributed by atoms with E-state index in [2.05, 4.69) is 4.74 Å². The molecule has 0 saturated heterocycles. The number of non-ortho nitro benzene ring substituents is 1. The van der Waals surface area contributed by atoms with Crippen LogP contribution in [0.4, 0.5) is 5.69 Å². The molecule has 1 fully saturated rings. The lowest BCUT2D eigenvalue weighted by Crippen LogP contribution is -2.52. The van der Waals surface area contributed by atoms with Gasteiger partial charge in [0.2, 0.25) is 0 Å². The fraction of sp³-hybridized carbons (Fsp3) is 0.412. The smallest absolute Gasteiger partial charge is 0.316 e. The number of Topliss-reactive ketones (excluding diaryl/α,β-unsaturated/α-hetero) is 3. The van der Waals surface area contributed by atoms with Crippen LogP contribution in [0.2, 0.25) is 0 Å². The SMILES string of the molecule is COC(=O)[C@H]1C(=O)[C@@H](C(=O)c2ccc([N+](=O)[O-])cc2)C(=O)CC1(C)C. The van der Waals surface area contributed by atoms with Crippen LogP contribution in [0.1, 0.15) is 30.6 Å². The number of nitrogens with zero attached hydrogens (tertiary/aromatic N) is 1. The predicted molar refractivity (Wildman–Crippen MR) is 84.8 cm³/mol. The van der Waals surface area contributed by atoms with E-state index in [1.54, 1.807) is 13.8 Å². The molecule has 0 aliphatic heterocycles. The molecule has 1 aromatic rings. The summed E-state index contributed by atoms with van der Waals surface area (Å²) in [5, 5.41) is 10.7. The molecule has 0 radical (unpaired) electrons. The lowest BCUT2D eigenvalue weighted by Gasteiger charge is -2.37. The summed E-state index contributed by atoms with van der Waals surface area (Å²) in [5.41, 5.74) is -1.17. The van der Waals surface area contributed by atoms with Gasteiger partial charge in [0.25, 0.3) is 5.69 Å².